The second-order valence-corrected chi connectivity index (χ2v) is 5.70. The van der Waals surface area contributed by atoms with Crippen LogP contribution >= 0.6 is 0 Å². The smallest absolute Gasteiger partial charge is 0.306 e. The molecule has 94 valence electrons. The Hall–Kier alpha value is -1.26. The first-order valence-corrected chi connectivity index (χ1v) is 5.24. The van der Waals surface area contributed by atoms with E-state index in [0.29, 0.717) is 6.42 Å². The average Bonchev–Trinajstić information content (AvgIpc) is 1.97. The van der Waals surface area contributed by atoms with Crippen molar-refractivity contribution < 1.29 is 14.7 Å². The Kier molecular flexibility index (Phi) is 4.78. The second kappa shape index (κ2) is 5.18. The third-order valence-electron chi connectivity index (χ3n) is 1.83. The van der Waals surface area contributed by atoms with Crippen LogP contribution in [0.2, 0.25) is 0 Å². The monoisotopic (exact) mass is 230 g/mol. The van der Waals surface area contributed by atoms with Crippen molar-refractivity contribution in [2.45, 2.75) is 53.1 Å². The van der Waals surface area contributed by atoms with Crippen LogP contribution in [0.5, 0.6) is 0 Å². The molecule has 0 spiro atoms. The van der Waals surface area contributed by atoms with Crippen molar-refractivity contribution in [3.05, 3.63) is 0 Å². The minimum absolute atomic E-state index is 0.119. The van der Waals surface area contributed by atoms with Crippen molar-refractivity contribution in [3.63, 3.8) is 0 Å². The highest BCUT2D eigenvalue weighted by atomic mass is 16.6. The van der Waals surface area contributed by atoms with Gasteiger partial charge in [-0.3, -0.25) is 4.79 Å². The van der Waals surface area contributed by atoms with E-state index in [2.05, 4.69) is 5.16 Å². The van der Waals surface area contributed by atoms with E-state index < -0.39 is 5.60 Å². The quantitative estimate of drug-likeness (QED) is 0.254. The molecule has 5 nitrogen and oxygen atoms in total. The van der Waals surface area contributed by atoms with Crippen LogP contribution in [0, 0.1) is 5.41 Å². The molecule has 16 heavy (non-hydrogen) atoms. The van der Waals surface area contributed by atoms with E-state index in [1.807, 2.05) is 34.6 Å². The number of amidine groups is 1. The second-order valence-electron chi connectivity index (χ2n) is 5.70. The van der Waals surface area contributed by atoms with Gasteiger partial charge in [-0.05, 0) is 26.2 Å². The molecule has 0 saturated heterocycles. The summed E-state index contributed by atoms with van der Waals surface area (Å²) in [5, 5.41) is 11.4. The SMILES string of the molecule is CC(C)(CC(=O)OC(C)(C)C)C/C(N)=N\O. The average molecular weight is 230 g/mol. The molecule has 0 saturated carbocycles. The molecular formula is C11H22N2O3. The summed E-state index contributed by atoms with van der Waals surface area (Å²) < 4.78 is 5.21. The lowest BCUT2D eigenvalue weighted by Crippen LogP contribution is -2.30. The Labute approximate surface area is 96.6 Å². The van der Waals surface area contributed by atoms with Gasteiger partial charge in [0.05, 0.1) is 6.42 Å². The van der Waals surface area contributed by atoms with E-state index in [4.69, 9.17) is 15.7 Å². The first-order valence-electron chi connectivity index (χ1n) is 5.24. The molecule has 0 rings (SSSR count). The van der Waals surface area contributed by atoms with E-state index in [0.717, 1.165) is 0 Å². The minimum atomic E-state index is -0.482. The number of rotatable bonds is 4. The third-order valence-corrected chi connectivity index (χ3v) is 1.83. The lowest BCUT2D eigenvalue weighted by Gasteiger charge is -2.26. The summed E-state index contributed by atoms with van der Waals surface area (Å²) in [6.07, 6.45) is 0.587. The van der Waals surface area contributed by atoms with E-state index in [1.165, 1.54) is 0 Å². The first kappa shape index (κ1) is 14.7. The van der Waals surface area contributed by atoms with Crippen LogP contribution in [0.3, 0.4) is 0 Å². The lowest BCUT2D eigenvalue weighted by atomic mass is 9.85. The summed E-state index contributed by atoms with van der Waals surface area (Å²) in [6, 6.07) is 0. The number of esters is 1. The van der Waals surface area contributed by atoms with Crippen molar-refractivity contribution >= 4 is 11.8 Å². The predicted octanol–water partition coefficient (Wildman–Crippen LogP) is 1.88. The van der Waals surface area contributed by atoms with Crippen LogP contribution in [0.25, 0.3) is 0 Å². The maximum Gasteiger partial charge on any atom is 0.306 e. The number of ether oxygens (including phenoxy) is 1. The molecule has 5 heteroatoms. The topological polar surface area (TPSA) is 84.9 Å². The summed E-state index contributed by atoms with van der Waals surface area (Å²) in [5.41, 5.74) is 4.55. The van der Waals surface area contributed by atoms with Crippen LogP contribution in [-0.4, -0.2) is 22.6 Å². The van der Waals surface area contributed by atoms with Gasteiger partial charge in [0, 0.05) is 6.42 Å². The van der Waals surface area contributed by atoms with Gasteiger partial charge < -0.3 is 15.7 Å². The van der Waals surface area contributed by atoms with Crippen LogP contribution in [0.1, 0.15) is 47.5 Å². The molecule has 0 amide bonds. The van der Waals surface area contributed by atoms with Gasteiger partial charge >= 0.3 is 5.97 Å². The number of hydrogen-bond donors (Lipinski definition) is 2. The summed E-state index contributed by atoms with van der Waals surface area (Å²) in [4.78, 5) is 11.6. The molecule has 3 N–H and O–H groups in total. The van der Waals surface area contributed by atoms with Crippen LogP contribution in [-0.2, 0) is 9.53 Å². The molecule has 0 aromatic carbocycles. The summed E-state index contributed by atoms with van der Waals surface area (Å²) in [7, 11) is 0. The molecule has 0 aliphatic heterocycles. The fourth-order valence-electron chi connectivity index (χ4n) is 1.36. The van der Waals surface area contributed by atoms with Gasteiger partial charge in [0.15, 0.2) is 0 Å². The van der Waals surface area contributed by atoms with Gasteiger partial charge in [0.2, 0.25) is 0 Å². The molecule has 0 radical (unpaired) electrons. The van der Waals surface area contributed by atoms with Gasteiger partial charge in [0.1, 0.15) is 11.4 Å². The summed E-state index contributed by atoms with van der Waals surface area (Å²) in [5.74, 6) is -0.156. The van der Waals surface area contributed by atoms with Gasteiger partial charge in [0.25, 0.3) is 0 Å². The highest BCUT2D eigenvalue weighted by molar-refractivity contribution is 5.81. The number of carbonyl (C=O) groups excluding carboxylic acids is 1. The zero-order valence-electron chi connectivity index (χ0n) is 10.7. The van der Waals surface area contributed by atoms with Crippen molar-refractivity contribution in [3.8, 4) is 0 Å². The lowest BCUT2D eigenvalue weighted by molar-refractivity contribution is -0.157. The Balaban J connectivity index is 4.31. The molecule has 0 aliphatic rings. The predicted molar refractivity (Wildman–Crippen MR) is 62.3 cm³/mol. The zero-order chi connectivity index (χ0) is 13.0. The van der Waals surface area contributed by atoms with E-state index in [9.17, 15) is 4.79 Å². The Bertz CT molecular complexity index is 277. The highest BCUT2D eigenvalue weighted by Gasteiger charge is 2.27. The van der Waals surface area contributed by atoms with Gasteiger partial charge in [-0.1, -0.05) is 19.0 Å². The number of nitrogens with zero attached hydrogens (tertiary/aromatic N) is 1. The Morgan fingerprint density at radius 1 is 1.25 bits per heavy atom. The van der Waals surface area contributed by atoms with Crippen molar-refractivity contribution in [1.82, 2.24) is 0 Å². The molecular weight excluding hydrogens is 208 g/mol. The van der Waals surface area contributed by atoms with Gasteiger partial charge in [-0.25, -0.2) is 0 Å². The molecule has 0 atom stereocenters. The standard InChI is InChI=1S/C11H22N2O3/c1-10(2,3)16-9(14)7-11(4,5)6-8(12)13-15/h15H,6-7H2,1-5H3,(H2,12,13). The fraction of sp³-hybridized carbons (Fsp3) is 0.818. The fourth-order valence-corrected chi connectivity index (χ4v) is 1.36. The van der Waals surface area contributed by atoms with Gasteiger partial charge in [-0.15, -0.1) is 0 Å². The van der Waals surface area contributed by atoms with Crippen molar-refractivity contribution in [2.75, 3.05) is 0 Å². The molecule has 0 aliphatic carbocycles. The van der Waals surface area contributed by atoms with Crippen LogP contribution < -0.4 is 5.73 Å². The van der Waals surface area contributed by atoms with E-state index in [1.54, 1.807) is 0 Å². The molecule has 0 aromatic heterocycles. The van der Waals surface area contributed by atoms with Gasteiger partial charge in [-0.2, -0.15) is 0 Å². The molecule has 0 unspecified atom stereocenters. The maximum atomic E-state index is 11.6. The largest absolute Gasteiger partial charge is 0.460 e. The molecule has 0 fully saturated rings. The zero-order valence-corrected chi connectivity index (χ0v) is 10.7. The van der Waals surface area contributed by atoms with E-state index in [-0.39, 0.29) is 23.6 Å². The number of oxime groups is 1. The maximum absolute atomic E-state index is 11.6. The molecule has 0 bridgehead atoms. The van der Waals surface area contributed by atoms with Crippen LogP contribution in [0.4, 0.5) is 0 Å². The number of nitrogens with two attached hydrogens (primary N) is 1. The van der Waals surface area contributed by atoms with Crippen molar-refractivity contribution in [1.29, 1.82) is 0 Å². The summed E-state index contributed by atoms with van der Waals surface area (Å²) >= 11 is 0. The number of hydrogen-bond acceptors (Lipinski definition) is 4. The number of carbonyl (C=O) groups is 1. The minimum Gasteiger partial charge on any atom is -0.460 e. The van der Waals surface area contributed by atoms with Crippen molar-refractivity contribution in [2.24, 2.45) is 16.3 Å². The highest BCUT2D eigenvalue weighted by Crippen LogP contribution is 2.26. The third kappa shape index (κ3) is 7.09. The summed E-state index contributed by atoms with van der Waals surface area (Å²) in [6.45, 7) is 9.20. The van der Waals surface area contributed by atoms with E-state index >= 15 is 0 Å². The Morgan fingerprint density at radius 2 is 1.75 bits per heavy atom. The molecule has 0 aromatic rings. The normalized spacial score (nSPS) is 13.7. The Morgan fingerprint density at radius 3 is 2.12 bits per heavy atom. The van der Waals surface area contributed by atoms with Crippen LogP contribution in [0.15, 0.2) is 5.16 Å². The first-order chi connectivity index (χ1) is 7.06. The molecule has 0 heterocycles.